The van der Waals surface area contributed by atoms with Crippen LogP contribution in [0.4, 0.5) is 0 Å². The Labute approximate surface area is 114 Å². The molecule has 0 amide bonds. The molecule has 1 aromatic carbocycles. The predicted octanol–water partition coefficient (Wildman–Crippen LogP) is 2.54. The van der Waals surface area contributed by atoms with Gasteiger partial charge in [0.15, 0.2) is 5.96 Å². The van der Waals surface area contributed by atoms with Crippen molar-refractivity contribution < 1.29 is 0 Å². The molecule has 1 aromatic rings. The monoisotopic (exact) mass is 255 g/mol. The van der Waals surface area contributed by atoms with Gasteiger partial charge in [0.25, 0.3) is 0 Å². The van der Waals surface area contributed by atoms with Gasteiger partial charge in [0.1, 0.15) is 0 Å². The van der Waals surface area contributed by atoms with Gasteiger partial charge in [-0.1, -0.05) is 42.5 Å². The first kappa shape index (κ1) is 12.3. The van der Waals surface area contributed by atoms with E-state index in [4.69, 9.17) is 5.73 Å². The van der Waals surface area contributed by atoms with Crippen LogP contribution < -0.4 is 5.73 Å². The summed E-state index contributed by atoms with van der Waals surface area (Å²) in [6.07, 6.45) is 8.22. The summed E-state index contributed by atoms with van der Waals surface area (Å²) in [6.45, 7) is 1.73. The maximum atomic E-state index is 6.08. The Kier molecular flexibility index (Phi) is 3.53. The van der Waals surface area contributed by atoms with Crippen LogP contribution in [0, 0.1) is 5.92 Å². The number of hydrogen-bond acceptors (Lipinski definition) is 3. The standard InChI is InChI=1S/C16H21N3/c17-16-18-11-15(14-9-5-2-6-10-14)19(16)12-13-7-3-1-4-8-13/h1-5,7-8,14-15H,6,9-12H2,(H2,17,18). The minimum absolute atomic E-state index is 0.477. The van der Waals surface area contributed by atoms with Gasteiger partial charge < -0.3 is 10.6 Å². The highest BCUT2D eigenvalue weighted by Gasteiger charge is 2.32. The molecule has 0 fully saturated rings. The zero-order chi connectivity index (χ0) is 13.1. The second-order valence-electron chi connectivity index (χ2n) is 5.42. The molecule has 0 spiro atoms. The normalized spacial score (nSPS) is 26.5. The second kappa shape index (κ2) is 5.47. The largest absolute Gasteiger partial charge is 0.370 e. The maximum Gasteiger partial charge on any atom is 0.191 e. The number of nitrogens with zero attached hydrogens (tertiary/aromatic N) is 2. The van der Waals surface area contributed by atoms with Gasteiger partial charge in [0.2, 0.25) is 0 Å². The lowest BCUT2D eigenvalue weighted by atomic mass is 9.87. The molecule has 0 bridgehead atoms. The quantitative estimate of drug-likeness (QED) is 0.843. The van der Waals surface area contributed by atoms with Gasteiger partial charge in [-0.05, 0) is 30.7 Å². The highest BCUT2D eigenvalue weighted by atomic mass is 15.3. The van der Waals surface area contributed by atoms with Crippen molar-refractivity contribution in [3.8, 4) is 0 Å². The first-order valence-corrected chi connectivity index (χ1v) is 7.10. The van der Waals surface area contributed by atoms with Crippen LogP contribution in [0.15, 0.2) is 47.5 Å². The molecule has 2 atom stereocenters. The fourth-order valence-electron chi connectivity index (χ4n) is 3.09. The highest BCUT2D eigenvalue weighted by molar-refractivity contribution is 5.80. The Morgan fingerprint density at radius 2 is 2.05 bits per heavy atom. The van der Waals surface area contributed by atoms with Gasteiger partial charge in [-0.25, -0.2) is 0 Å². The van der Waals surface area contributed by atoms with Crippen LogP contribution in [-0.4, -0.2) is 23.4 Å². The summed E-state index contributed by atoms with van der Waals surface area (Å²) in [4.78, 5) is 6.76. The summed E-state index contributed by atoms with van der Waals surface area (Å²) in [5.41, 5.74) is 7.39. The van der Waals surface area contributed by atoms with Gasteiger partial charge in [-0.2, -0.15) is 0 Å². The van der Waals surface area contributed by atoms with E-state index in [1.807, 2.05) is 6.07 Å². The SMILES string of the molecule is NC1=NCC(C2CC=CCC2)N1Cc1ccccc1. The number of nitrogens with two attached hydrogens (primary N) is 1. The molecule has 2 unspecified atom stereocenters. The predicted molar refractivity (Wildman–Crippen MR) is 78.7 cm³/mol. The minimum atomic E-state index is 0.477. The van der Waals surface area contributed by atoms with E-state index in [0.29, 0.717) is 17.9 Å². The van der Waals surface area contributed by atoms with Crippen LogP contribution in [0.2, 0.25) is 0 Å². The van der Waals surface area contributed by atoms with Gasteiger partial charge in [0.05, 0.1) is 12.6 Å². The van der Waals surface area contributed by atoms with Crippen LogP contribution in [0.3, 0.4) is 0 Å². The summed E-state index contributed by atoms with van der Waals surface area (Å²) >= 11 is 0. The number of rotatable bonds is 3. The van der Waals surface area contributed by atoms with Crippen molar-refractivity contribution in [1.82, 2.24) is 4.90 Å². The molecule has 1 heterocycles. The molecular weight excluding hydrogens is 234 g/mol. The molecule has 0 saturated carbocycles. The number of hydrogen-bond donors (Lipinski definition) is 1. The zero-order valence-corrected chi connectivity index (χ0v) is 11.2. The number of allylic oxidation sites excluding steroid dienone is 2. The van der Waals surface area contributed by atoms with Crippen molar-refractivity contribution in [2.45, 2.75) is 31.8 Å². The van der Waals surface area contributed by atoms with Crippen molar-refractivity contribution >= 4 is 5.96 Å². The van der Waals surface area contributed by atoms with Crippen LogP contribution in [0.5, 0.6) is 0 Å². The lowest BCUT2D eigenvalue weighted by Crippen LogP contribution is -2.44. The van der Waals surface area contributed by atoms with E-state index in [2.05, 4.69) is 46.3 Å². The third-order valence-electron chi connectivity index (χ3n) is 4.18. The molecule has 3 nitrogen and oxygen atoms in total. The molecule has 2 N–H and O–H groups in total. The highest BCUT2D eigenvalue weighted by Crippen LogP contribution is 2.28. The molecule has 1 aliphatic carbocycles. The van der Waals surface area contributed by atoms with Crippen molar-refractivity contribution in [3.63, 3.8) is 0 Å². The molecule has 0 saturated heterocycles. The lowest BCUT2D eigenvalue weighted by Gasteiger charge is -2.33. The Hall–Kier alpha value is -1.77. The maximum absolute atomic E-state index is 6.08. The van der Waals surface area contributed by atoms with E-state index in [1.165, 1.54) is 24.8 Å². The second-order valence-corrected chi connectivity index (χ2v) is 5.42. The van der Waals surface area contributed by atoms with E-state index < -0.39 is 0 Å². The molecule has 3 heteroatoms. The molecule has 0 radical (unpaired) electrons. The molecule has 1 aliphatic heterocycles. The van der Waals surface area contributed by atoms with E-state index in [1.54, 1.807) is 0 Å². The summed E-state index contributed by atoms with van der Waals surface area (Å²) in [5.74, 6) is 1.40. The Balaban J connectivity index is 1.73. The molecule has 100 valence electrons. The molecule has 0 aromatic heterocycles. The van der Waals surface area contributed by atoms with Crippen molar-refractivity contribution in [3.05, 3.63) is 48.0 Å². The number of benzene rings is 1. The smallest absolute Gasteiger partial charge is 0.191 e. The first-order valence-electron chi connectivity index (χ1n) is 7.10. The van der Waals surface area contributed by atoms with Gasteiger partial charge >= 0.3 is 0 Å². The Bertz CT molecular complexity index is 478. The van der Waals surface area contributed by atoms with E-state index in [-0.39, 0.29) is 0 Å². The average molecular weight is 255 g/mol. The fraction of sp³-hybridized carbons (Fsp3) is 0.438. The summed E-state index contributed by atoms with van der Waals surface area (Å²) in [7, 11) is 0. The number of guanidine groups is 1. The zero-order valence-electron chi connectivity index (χ0n) is 11.2. The van der Waals surface area contributed by atoms with E-state index in [9.17, 15) is 0 Å². The first-order chi connectivity index (χ1) is 9.34. The molecular formula is C16H21N3. The Morgan fingerprint density at radius 1 is 1.21 bits per heavy atom. The lowest BCUT2D eigenvalue weighted by molar-refractivity contribution is 0.230. The minimum Gasteiger partial charge on any atom is -0.370 e. The molecule has 3 rings (SSSR count). The fourth-order valence-corrected chi connectivity index (χ4v) is 3.09. The van der Waals surface area contributed by atoms with Gasteiger partial charge in [0, 0.05) is 6.54 Å². The van der Waals surface area contributed by atoms with Crippen LogP contribution in [-0.2, 0) is 6.54 Å². The van der Waals surface area contributed by atoms with Crippen LogP contribution >= 0.6 is 0 Å². The Morgan fingerprint density at radius 3 is 2.79 bits per heavy atom. The van der Waals surface area contributed by atoms with Gasteiger partial charge in [-0.15, -0.1) is 0 Å². The average Bonchev–Trinajstić information content (AvgIpc) is 2.82. The summed E-state index contributed by atoms with van der Waals surface area (Å²) in [5, 5.41) is 0. The third-order valence-corrected chi connectivity index (χ3v) is 4.18. The number of aliphatic imine (C=N–C) groups is 1. The van der Waals surface area contributed by atoms with Crippen molar-refractivity contribution in [1.29, 1.82) is 0 Å². The molecule has 2 aliphatic rings. The topological polar surface area (TPSA) is 41.6 Å². The van der Waals surface area contributed by atoms with Crippen LogP contribution in [0.25, 0.3) is 0 Å². The molecule has 19 heavy (non-hydrogen) atoms. The van der Waals surface area contributed by atoms with E-state index in [0.717, 1.165) is 13.1 Å². The summed E-state index contributed by atoms with van der Waals surface area (Å²) < 4.78 is 0. The van der Waals surface area contributed by atoms with Gasteiger partial charge in [-0.3, -0.25) is 4.99 Å². The van der Waals surface area contributed by atoms with E-state index >= 15 is 0 Å². The summed E-state index contributed by atoms with van der Waals surface area (Å²) in [6, 6.07) is 11.0. The van der Waals surface area contributed by atoms with Crippen molar-refractivity contribution in [2.75, 3.05) is 6.54 Å². The third kappa shape index (κ3) is 2.65. The van der Waals surface area contributed by atoms with Crippen LogP contribution in [0.1, 0.15) is 24.8 Å². The van der Waals surface area contributed by atoms with Crippen molar-refractivity contribution in [2.24, 2.45) is 16.6 Å².